The van der Waals surface area contributed by atoms with Crippen LogP contribution in [0.15, 0.2) is 55.0 Å². The molecule has 166 valence electrons. The predicted octanol–water partition coefficient (Wildman–Crippen LogP) is 3.50. The molecule has 1 aliphatic heterocycles. The molecule has 7 heteroatoms. The van der Waals surface area contributed by atoms with Gasteiger partial charge >= 0.3 is 0 Å². The summed E-state index contributed by atoms with van der Waals surface area (Å²) in [6.07, 6.45) is 7.55. The van der Waals surface area contributed by atoms with Gasteiger partial charge in [-0.2, -0.15) is 0 Å². The molecule has 7 nitrogen and oxygen atoms in total. The third-order valence-electron chi connectivity index (χ3n) is 5.83. The van der Waals surface area contributed by atoms with Crippen molar-refractivity contribution in [3.05, 3.63) is 83.2 Å². The Morgan fingerprint density at radius 2 is 2.09 bits per heavy atom. The Labute approximate surface area is 188 Å². The van der Waals surface area contributed by atoms with Crippen LogP contribution in [0.25, 0.3) is 0 Å². The zero-order valence-electron chi connectivity index (χ0n) is 18.6. The number of nitrogens with one attached hydrogen (secondary N) is 1. The van der Waals surface area contributed by atoms with E-state index in [9.17, 15) is 4.79 Å². The van der Waals surface area contributed by atoms with Crippen LogP contribution >= 0.6 is 0 Å². The molecular formula is C25H29N5O2. The van der Waals surface area contributed by atoms with Gasteiger partial charge in [0, 0.05) is 44.1 Å². The maximum Gasteiger partial charge on any atom is 0.254 e. The molecule has 1 N–H and O–H groups in total. The van der Waals surface area contributed by atoms with E-state index in [1.807, 2.05) is 43.5 Å². The molecule has 0 bridgehead atoms. The minimum Gasteiger partial charge on any atom is -0.497 e. The molecule has 1 atom stereocenters. The molecule has 4 rings (SSSR count). The second kappa shape index (κ2) is 10.3. The van der Waals surface area contributed by atoms with Crippen molar-refractivity contribution in [1.82, 2.24) is 25.2 Å². The molecule has 3 aromatic rings. The van der Waals surface area contributed by atoms with Gasteiger partial charge in [0.2, 0.25) is 0 Å². The summed E-state index contributed by atoms with van der Waals surface area (Å²) < 4.78 is 5.24. The summed E-state index contributed by atoms with van der Waals surface area (Å²) >= 11 is 0. The lowest BCUT2D eigenvalue weighted by atomic mass is 9.96. The number of pyridine rings is 1. The molecular weight excluding hydrogens is 402 g/mol. The molecule has 1 fully saturated rings. The van der Waals surface area contributed by atoms with E-state index >= 15 is 0 Å². The van der Waals surface area contributed by atoms with Crippen molar-refractivity contribution in [3.8, 4) is 5.75 Å². The number of aryl methyl sites for hydroxylation is 1. The fourth-order valence-corrected chi connectivity index (χ4v) is 4.12. The predicted molar refractivity (Wildman–Crippen MR) is 122 cm³/mol. The fourth-order valence-electron chi connectivity index (χ4n) is 4.12. The average molecular weight is 432 g/mol. The lowest BCUT2D eigenvalue weighted by Gasteiger charge is -2.32. The summed E-state index contributed by atoms with van der Waals surface area (Å²) in [7, 11) is 1.63. The number of hydrogen-bond acceptors (Lipinski definition) is 6. The minimum absolute atomic E-state index is 0.168. The molecule has 1 aromatic carbocycles. The summed E-state index contributed by atoms with van der Waals surface area (Å²) in [6, 6.07) is 11.7. The number of aromatic nitrogens is 3. The third kappa shape index (κ3) is 5.48. The first-order chi connectivity index (χ1) is 15.6. The van der Waals surface area contributed by atoms with Crippen LogP contribution in [0.1, 0.15) is 51.8 Å². The SMILES string of the molecule is COc1cccc(CNC(=O)c2cnc([C@@H]3CCCN(Cc4cccnc4)C3)nc2C)c1. The largest absolute Gasteiger partial charge is 0.497 e. The Hall–Kier alpha value is -3.32. The van der Waals surface area contributed by atoms with Crippen LogP contribution in [-0.4, -0.2) is 46.0 Å². The number of amides is 1. The van der Waals surface area contributed by atoms with Crippen LogP contribution in [0.2, 0.25) is 0 Å². The van der Waals surface area contributed by atoms with E-state index in [0.29, 0.717) is 17.8 Å². The standard InChI is InChI=1S/C25H29N5O2/c1-18-23(25(31)28-14-19-6-3-9-22(12-19)32-2)15-27-24(29-18)21-8-5-11-30(17-21)16-20-7-4-10-26-13-20/h3-4,6-7,9-10,12-13,15,21H,5,8,11,14,16-17H2,1-2H3,(H,28,31)/t21-/m1/s1. The van der Waals surface area contributed by atoms with Crippen molar-refractivity contribution in [2.45, 2.75) is 38.8 Å². The molecule has 0 unspecified atom stereocenters. The average Bonchev–Trinajstić information content (AvgIpc) is 2.83. The first kappa shape index (κ1) is 21.9. The first-order valence-corrected chi connectivity index (χ1v) is 11.0. The van der Waals surface area contributed by atoms with Gasteiger partial charge in [0.15, 0.2) is 0 Å². The molecule has 1 aliphatic rings. The van der Waals surface area contributed by atoms with Crippen molar-refractivity contribution in [2.75, 3.05) is 20.2 Å². The highest BCUT2D eigenvalue weighted by molar-refractivity contribution is 5.94. The molecule has 2 aromatic heterocycles. The summed E-state index contributed by atoms with van der Waals surface area (Å²) in [6.45, 7) is 5.16. The number of piperidine rings is 1. The van der Waals surface area contributed by atoms with Crippen LogP contribution in [-0.2, 0) is 13.1 Å². The number of hydrogen-bond donors (Lipinski definition) is 1. The number of nitrogens with zero attached hydrogens (tertiary/aromatic N) is 4. The fraction of sp³-hybridized carbons (Fsp3) is 0.360. The zero-order valence-corrected chi connectivity index (χ0v) is 18.6. The summed E-state index contributed by atoms with van der Waals surface area (Å²) in [5.74, 6) is 1.69. The monoisotopic (exact) mass is 431 g/mol. The lowest BCUT2D eigenvalue weighted by molar-refractivity contribution is 0.0949. The highest BCUT2D eigenvalue weighted by Gasteiger charge is 2.24. The number of rotatable bonds is 7. The van der Waals surface area contributed by atoms with Crippen molar-refractivity contribution >= 4 is 5.91 Å². The zero-order chi connectivity index (χ0) is 22.3. The van der Waals surface area contributed by atoms with Gasteiger partial charge in [0.1, 0.15) is 11.6 Å². The van der Waals surface area contributed by atoms with Gasteiger partial charge in [0.05, 0.1) is 18.4 Å². The Morgan fingerprint density at radius 1 is 1.22 bits per heavy atom. The summed E-state index contributed by atoms with van der Waals surface area (Å²) in [4.78, 5) is 28.6. The Balaban J connectivity index is 1.38. The first-order valence-electron chi connectivity index (χ1n) is 11.0. The van der Waals surface area contributed by atoms with Gasteiger partial charge in [0.25, 0.3) is 5.91 Å². The van der Waals surface area contributed by atoms with Gasteiger partial charge in [-0.25, -0.2) is 9.97 Å². The second-order valence-corrected chi connectivity index (χ2v) is 8.20. The van der Waals surface area contributed by atoms with Gasteiger partial charge < -0.3 is 10.1 Å². The number of benzene rings is 1. The smallest absolute Gasteiger partial charge is 0.254 e. The normalized spacial score (nSPS) is 16.5. The van der Waals surface area contributed by atoms with Crippen LogP contribution in [0.5, 0.6) is 5.75 Å². The van der Waals surface area contributed by atoms with E-state index in [0.717, 1.165) is 49.6 Å². The molecule has 0 spiro atoms. The van der Waals surface area contributed by atoms with Gasteiger partial charge in [-0.1, -0.05) is 18.2 Å². The van der Waals surface area contributed by atoms with Crippen molar-refractivity contribution in [1.29, 1.82) is 0 Å². The number of methoxy groups -OCH3 is 1. The lowest BCUT2D eigenvalue weighted by Crippen LogP contribution is -2.34. The van der Waals surface area contributed by atoms with Crippen molar-refractivity contribution in [2.24, 2.45) is 0 Å². The van der Waals surface area contributed by atoms with E-state index in [1.54, 1.807) is 19.5 Å². The molecule has 3 heterocycles. The molecule has 0 radical (unpaired) electrons. The van der Waals surface area contributed by atoms with E-state index in [4.69, 9.17) is 9.72 Å². The second-order valence-electron chi connectivity index (χ2n) is 8.20. The Kier molecular flexibility index (Phi) is 7.07. The molecule has 0 saturated carbocycles. The quantitative estimate of drug-likeness (QED) is 0.617. The Bertz CT molecular complexity index is 1060. The topological polar surface area (TPSA) is 80.2 Å². The highest BCUT2D eigenvalue weighted by Crippen LogP contribution is 2.26. The molecule has 1 saturated heterocycles. The van der Waals surface area contributed by atoms with Crippen molar-refractivity contribution < 1.29 is 9.53 Å². The summed E-state index contributed by atoms with van der Waals surface area (Å²) in [5.41, 5.74) is 3.42. The molecule has 1 amide bonds. The van der Waals surface area contributed by atoms with E-state index in [1.165, 1.54) is 5.56 Å². The number of ether oxygens (including phenoxy) is 1. The van der Waals surface area contributed by atoms with E-state index in [2.05, 4.69) is 26.3 Å². The number of likely N-dealkylation sites (tertiary alicyclic amines) is 1. The maximum atomic E-state index is 12.7. The van der Waals surface area contributed by atoms with Crippen LogP contribution < -0.4 is 10.1 Å². The van der Waals surface area contributed by atoms with Crippen LogP contribution in [0.3, 0.4) is 0 Å². The number of carbonyl (C=O) groups excluding carboxylic acids is 1. The van der Waals surface area contributed by atoms with Gasteiger partial charge in [-0.3, -0.25) is 14.7 Å². The molecule has 0 aliphatic carbocycles. The summed E-state index contributed by atoms with van der Waals surface area (Å²) in [5, 5.41) is 2.95. The van der Waals surface area contributed by atoms with Gasteiger partial charge in [-0.05, 0) is 55.6 Å². The Morgan fingerprint density at radius 3 is 2.88 bits per heavy atom. The third-order valence-corrected chi connectivity index (χ3v) is 5.83. The van der Waals surface area contributed by atoms with E-state index < -0.39 is 0 Å². The number of carbonyl (C=O) groups is 1. The minimum atomic E-state index is -0.168. The maximum absolute atomic E-state index is 12.7. The van der Waals surface area contributed by atoms with Gasteiger partial charge in [-0.15, -0.1) is 0 Å². The highest BCUT2D eigenvalue weighted by atomic mass is 16.5. The van der Waals surface area contributed by atoms with Crippen molar-refractivity contribution in [3.63, 3.8) is 0 Å². The molecule has 32 heavy (non-hydrogen) atoms. The van der Waals surface area contributed by atoms with Crippen LogP contribution in [0, 0.1) is 6.92 Å². The van der Waals surface area contributed by atoms with E-state index in [-0.39, 0.29) is 11.8 Å². The van der Waals surface area contributed by atoms with Crippen LogP contribution in [0.4, 0.5) is 0 Å².